The quantitative estimate of drug-likeness (QED) is 0.535. The zero-order valence-corrected chi connectivity index (χ0v) is 15.2. The van der Waals surface area contributed by atoms with E-state index in [1.54, 1.807) is 18.3 Å². The van der Waals surface area contributed by atoms with Gasteiger partial charge in [0.2, 0.25) is 0 Å². The first-order chi connectivity index (χ1) is 12.5. The predicted molar refractivity (Wildman–Crippen MR) is 103 cm³/mol. The summed E-state index contributed by atoms with van der Waals surface area (Å²) in [6, 6.07) is 15.7. The SMILES string of the molecule is Cc1cc(/C=N/NC(=O)c2cccc(O)c2)c(C)n1-c1ccc(Cl)cc1. The normalized spacial score (nSPS) is 11.0. The van der Waals surface area contributed by atoms with Crippen molar-refractivity contribution in [1.82, 2.24) is 9.99 Å². The summed E-state index contributed by atoms with van der Waals surface area (Å²) in [5.41, 5.74) is 6.76. The number of rotatable bonds is 4. The number of hydrogen-bond donors (Lipinski definition) is 2. The number of aromatic hydroxyl groups is 1. The number of aryl methyl sites for hydroxylation is 1. The molecule has 132 valence electrons. The highest BCUT2D eigenvalue weighted by Crippen LogP contribution is 2.21. The second kappa shape index (κ2) is 7.45. The van der Waals surface area contributed by atoms with Crippen molar-refractivity contribution in [3.05, 3.63) is 82.1 Å². The average molecular weight is 368 g/mol. The number of amides is 1. The zero-order valence-electron chi connectivity index (χ0n) is 14.4. The van der Waals surface area contributed by atoms with Crippen molar-refractivity contribution >= 4 is 23.7 Å². The van der Waals surface area contributed by atoms with E-state index in [4.69, 9.17) is 11.6 Å². The van der Waals surface area contributed by atoms with Gasteiger partial charge in [-0.05, 0) is 62.4 Å². The molecule has 0 unspecified atom stereocenters. The van der Waals surface area contributed by atoms with Crippen LogP contribution in [0.25, 0.3) is 5.69 Å². The minimum atomic E-state index is -0.386. The molecule has 0 aliphatic rings. The Labute approximate surface area is 156 Å². The number of hydrazone groups is 1. The van der Waals surface area contributed by atoms with Gasteiger partial charge < -0.3 is 9.67 Å². The molecule has 1 aromatic heterocycles. The molecule has 0 atom stereocenters. The molecule has 3 rings (SSSR count). The Morgan fingerprint density at radius 3 is 2.58 bits per heavy atom. The van der Waals surface area contributed by atoms with Crippen molar-refractivity contribution in [2.24, 2.45) is 5.10 Å². The lowest BCUT2D eigenvalue weighted by molar-refractivity contribution is 0.0954. The van der Waals surface area contributed by atoms with Crippen molar-refractivity contribution in [3.8, 4) is 11.4 Å². The smallest absolute Gasteiger partial charge is 0.271 e. The summed E-state index contributed by atoms with van der Waals surface area (Å²) in [6.45, 7) is 3.99. The van der Waals surface area contributed by atoms with Crippen molar-refractivity contribution in [1.29, 1.82) is 0 Å². The molecule has 2 N–H and O–H groups in total. The monoisotopic (exact) mass is 367 g/mol. The number of aromatic nitrogens is 1. The highest BCUT2D eigenvalue weighted by Gasteiger charge is 2.10. The largest absolute Gasteiger partial charge is 0.508 e. The first-order valence-electron chi connectivity index (χ1n) is 8.03. The van der Waals surface area contributed by atoms with Gasteiger partial charge in [-0.1, -0.05) is 17.7 Å². The van der Waals surface area contributed by atoms with Crippen LogP contribution in [-0.2, 0) is 0 Å². The third-order valence-corrected chi connectivity index (χ3v) is 4.29. The first kappa shape index (κ1) is 17.8. The summed E-state index contributed by atoms with van der Waals surface area (Å²) in [6.07, 6.45) is 1.61. The lowest BCUT2D eigenvalue weighted by Crippen LogP contribution is -2.17. The van der Waals surface area contributed by atoms with Gasteiger partial charge in [0.25, 0.3) is 5.91 Å². The molecule has 26 heavy (non-hydrogen) atoms. The number of phenols is 1. The highest BCUT2D eigenvalue weighted by molar-refractivity contribution is 6.30. The second-order valence-electron chi connectivity index (χ2n) is 5.89. The van der Waals surface area contributed by atoms with Crippen molar-refractivity contribution in [2.75, 3.05) is 0 Å². The van der Waals surface area contributed by atoms with Crippen LogP contribution in [0.2, 0.25) is 5.02 Å². The zero-order chi connectivity index (χ0) is 18.7. The van der Waals surface area contributed by atoms with E-state index >= 15 is 0 Å². The van der Waals surface area contributed by atoms with Gasteiger partial charge in [-0.25, -0.2) is 5.43 Å². The Morgan fingerprint density at radius 2 is 1.88 bits per heavy atom. The Kier molecular flexibility index (Phi) is 5.09. The van der Waals surface area contributed by atoms with Crippen LogP contribution in [0, 0.1) is 13.8 Å². The van der Waals surface area contributed by atoms with Gasteiger partial charge >= 0.3 is 0 Å². The molecule has 0 bridgehead atoms. The van der Waals surface area contributed by atoms with Crippen LogP contribution < -0.4 is 5.43 Å². The number of carbonyl (C=O) groups is 1. The molecule has 1 amide bonds. The number of benzene rings is 2. The van der Waals surface area contributed by atoms with E-state index in [0.717, 1.165) is 22.6 Å². The lowest BCUT2D eigenvalue weighted by atomic mass is 10.2. The van der Waals surface area contributed by atoms with E-state index in [1.807, 2.05) is 44.2 Å². The van der Waals surface area contributed by atoms with E-state index in [9.17, 15) is 9.90 Å². The van der Waals surface area contributed by atoms with Gasteiger partial charge in [0.15, 0.2) is 0 Å². The molecule has 6 heteroatoms. The second-order valence-corrected chi connectivity index (χ2v) is 6.32. The summed E-state index contributed by atoms with van der Waals surface area (Å²) >= 11 is 5.96. The molecule has 0 aliphatic heterocycles. The first-order valence-corrected chi connectivity index (χ1v) is 8.41. The standard InChI is InChI=1S/C20H18ClN3O2/c1-13-10-16(14(2)24(13)18-8-6-17(21)7-9-18)12-22-23-20(26)15-4-3-5-19(25)11-15/h3-12,25H,1-2H3,(H,23,26)/b22-12+. The fraction of sp³-hybridized carbons (Fsp3) is 0.100. The summed E-state index contributed by atoms with van der Waals surface area (Å²) in [5, 5.41) is 14.1. The Morgan fingerprint density at radius 1 is 1.15 bits per heavy atom. The number of nitrogens with one attached hydrogen (secondary N) is 1. The lowest BCUT2D eigenvalue weighted by Gasteiger charge is -2.09. The maximum Gasteiger partial charge on any atom is 0.271 e. The fourth-order valence-corrected chi connectivity index (χ4v) is 2.90. The summed E-state index contributed by atoms with van der Waals surface area (Å²) in [4.78, 5) is 12.0. The third kappa shape index (κ3) is 3.78. The van der Waals surface area contributed by atoms with E-state index in [1.165, 1.54) is 12.1 Å². The molecular formula is C20H18ClN3O2. The maximum absolute atomic E-state index is 12.0. The molecule has 0 spiro atoms. The van der Waals surface area contributed by atoms with E-state index in [-0.39, 0.29) is 11.7 Å². The third-order valence-electron chi connectivity index (χ3n) is 4.03. The summed E-state index contributed by atoms with van der Waals surface area (Å²) < 4.78 is 2.09. The highest BCUT2D eigenvalue weighted by atomic mass is 35.5. The number of hydrogen-bond acceptors (Lipinski definition) is 3. The molecule has 0 radical (unpaired) electrons. The molecule has 0 aliphatic carbocycles. The Bertz CT molecular complexity index is 975. The van der Waals surface area contributed by atoms with Crippen LogP contribution in [0.15, 0.2) is 59.7 Å². The Balaban J connectivity index is 1.78. The van der Waals surface area contributed by atoms with Crippen LogP contribution in [0.1, 0.15) is 27.3 Å². The van der Waals surface area contributed by atoms with Crippen LogP contribution in [-0.4, -0.2) is 21.8 Å². The molecule has 5 nitrogen and oxygen atoms in total. The van der Waals surface area contributed by atoms with Crippen molar-refractivity contribution in [2.45, 2.75) is 13.8 Å². The molecular weight excluding hydrogens is 350 g/mol. The van der Waals surface area contributed by atoms with E-state index in [0.29, 0.717) is 10.6 Å². The van der Waals surface area contributed by atoms with Gasteiger partial charge in [-0.2, -0.15) is 5.10 Å². The van der Waals surface area contributed by atoms with Gasteiger partial charge in [-0.15, -0.1) is 0 Å². The molecule has 1 heterocycles. The van der Waals surface area contributed by atoms with Crippen LogP contribution >= 0.6 is 11.6 Å². The van der Waals surface area contributed by atoms with E-state index in [2.05, 4.69) is 15.1 Å². The number of carbonyl (C=O) groups excluding carboxylic acids is 1. The van der Waals surface area contributed by atoms with Crippen molar-refractivity contribution in [3.63, 3.8) is 0 Å². The van der Waals surface area contributed by atoms with Gasteiger partial charge in [-0.3, -0.25) is 4.79 Å². The fourth-order valence-electron chi connectivity index (χ4n) is 2.78. The van der Waals surface area contributed by atoms with E-state index < -0.39 is 0 Å². The molecule has 0 saturated carbocycles. The minimum Gasteiger partial charge on any atom is -0.508 e. The maximum atomic E-state index is 12.0. The number of phenolic OH excluding ortho intramolecular Hbond substituents is 1. The predicted octanol–water partition coefficient (Wildman–Crippen LogP) is 4.22. The molecule has 2 aromatic carbocycles. The molecule has 3 aromatic rings. The Hall–Kier alpha value is -3.05. The van der Waals surface area contributed by atoms with Crippen LogP contribution in [0.3, 0.4) is 0 Å². The van der Waals surface area contributed by atoms with Crippen molar-refractivity contribution < 1.29 is 9.90 Å². The summed E-state index contributed by atoms with van der Waals surface area (Å²) in [5.74, 6) is -0.350. The van der Waals surface area contributed by atoms with Crippen LogP contribution in [0.4, 0.5) is 0 Å². The van der Waals surface area contributed by atoms with Gasteiger partial charge in [0, 0.05) is 33.2 Å². The number of halogens is 1. The minimum absolute atomic E-state index is 0.0353. The molecule has 0 saturated heterocycles. The topological polar surface area (TPSA) is 66.6 Å². The average Bonchev–Trinajstić information content (AvgIpc) is 2.89. The molecule has 0 fully saturated rings. The van der Waals surface area contributed by atoms with Crippen LogP contribution in [0.5, 0.6) is 5.75 Å². The number of nitrogens with zero attached hydrogens (tertiary/aromatic N) is 2. The van der Waals surface area contributed by atoms with Gasteiger partial charge in [0.1, 0.15) is 5.75 Å². The summed E-state index contributed by atoms with van der Waals surface area (Å²) in [7, 11) is 0. The van der Waals surface area contributed by atoms with Gasteiger partial charge in [0.05, 0.1) is 6.21 Å².